The molecule has 0 atom stereocenters. The third-order valence-corrected chi connectivity index (χ3v) is 8.13. The quantitative estimate of drug-likeness (QED) is 0.715. The molecule has 0 saturated carbocycles. The monoisotopic (exact) mass is 427 g/mol. The number of hydrogen-bond donors (Lipinski definition) is 0. The van der Waals surface area contributed by atoms with Crippen LogP contribution in [0.15, 0.2) is 58.3 Å². The van der Waals surface area contributed by atoms with Crippen LogP contribution in [0.2, 0.25) is 0 Å². The van der Waals surface area contributed by atoms with Crippen LogP contribution in [0.1, 0.15) is 30.4 Å². The van der Waals surface area contributed by atoms with Gasteiger partial charge in [0.1, 0.15) is 0 Å². The highest BCUT2D eigenvalue weighted by molar-refractivity contribution is 7.95. The predicted molar refractivity (Wildman–Crippen MR) is 118 cm³/mol. The van der Waals surface area contributed by atoms with Crippen molar-refractivity contribution in [1.82, 2.24) is 4.90 Å². The Balaban J connectivity index is 1.48. The Hall–Kier alpha value is -2.31. The molecule has 0 amide bonds. The number of hydrogen-bond acceptors (Lipinski definition) is 5. The fraction of sp³-hybridized carbons (Fsp3) is 0.417. The van der Waals surface area contributed by atoms with Crippen LogP contribution in [-0.2, 0) is 22.8 Å². The van der Waals surface area contributed by atoms with Gasteiger partial charge in [-0.15, -0.1) is 0 Å². The fourth-order valence-corrected chi connectivity index (χ4v) is 6.23. The minimum absolute atomic E-state index is 0.309. The van der Waals surface area contributed by atoms with Crippen molar-refractivity contribution < 1.29 is 17.9 Å². The number of methoxy groups -OCH3 is 2. The zero-order valence-electron chi connectivity index (χ0n) is 17.6. The standard InChI is InChI=1S/C24H29NO4S/c1-28-22-15-20-8-9-21(30(26,27)24(20)16-23(22)29-2)14-18-10-12-25(13-11-18)17-19-6-4-3-5-7-19/h3-7,14-16,18H,8-13,17H2,1-2H3/b21-14+. The molecule has 0 spiro atoms. The fourth-order valence-electron chi connectivity index (χ4n) is 4.44. The second-order valence-electron chi connectivity index (χ2n) is 8.05. The third-order valence-electron chi connectivity index (χ3n) is 6.14. The maximum Gasteiger partial charge on any atom is 0.202 e. The second-order valence-corrected chi connectivity index (χ2v) is 10.0. The Bertz CT molecular complexity index is 1020. The summed E-state index contributed by atoms with van der Waals surface area (Å²) in [6.07, 6.45) is 5.26. The summed E-state index contributed by atoms with van der Waals surface area (Å²) in [7, 11) is -0.396. The van der Waals surface area contributed by atoms with E-state index >= 15 is 0 Å². The van der Waals surface area contributed by atoms with E-state index in [0.717, 1.165) is 38.0 Å². The summed E-state index contributed by atoms with van der Waals surface area (Å²) in [6, 6.07) is 13.9. The number of aryl methyl sites for hydroxylation is 1. The van der Waals surface area contributed by atoms with Crippen LogP contribution in [0.25, 0.3) is 0 Å². The number of ether oxygens (including phenoxy) is 2. The lowest BCUT2D eigenvalue weighted by molar-refractivity contribution is 0.195. The van der Waals surface area contributed by atoms with E-state index < -0.39 is 9.84 Å². The highest BCUT2D eigenvalue weighted by Crippen LogP contribution is 2.40. The van der Waals surface area contributed by atoms with E-state index in [1.54, 1.807) is 19.2 Å². The molecule has 4 rings (SSSR count). The van der Waals surface area contributed by atoms with Gasteiger partial charge in [0.15, 0.2) is 11.5 Å². The van der Waals surface area contributed by atoms with Crippen molar-refractivity contribution in [2.45, 2.75) is 37.1 Å². The molecule has 2 aliphatic rings. The summed E-state index contributed by atoms with van der Waals surface area (Å²) in [5.41, 5.74) is 2.13. The van der Waals surface area contributed by atoms with Gasteiger partial charge in [-0.3, -0.25) is 4.90 Å². The number of rotatable bonds is 5. The Labute approximate surface area is 179 Å². The normalized spacial score (nSPS) is 20.7. The lowest BCUT2D eigenvalue weighted by Gasteiger charge is -2.31. The second kappa shape index (κ2) is 8.82. The molecule has 0 bridgehead atoms. The third kappa shape index (κ3) is 4.25. The molecule has 30 heavy (non-hydrogen) atoms. The first-order valence-corrected chi connectivity index (χ1v) is 12.0. The number of piperidine rings is 1. The van der Waals surface area contributed by atoms with Crippen LogP contribution in [0.4, 0.5) is 0 Å². The lowest BCUT2D eigenvalue weighted by Crippen LogP contribution is -2.33. The maximum absolute atomic E-state index is 13.3. The van der Waals surface area contributed by atoms with E-state index in [9.17, 15) is 8.42 Å². The van der Waals surface area contributed by atoms with Crippen molar-refractivity contribution in [3.05, 3.63) is 64.6 Å². The Kier molecular flexibility index (Phi) is 6.16. The van der Waals surface area contributed by atoms with E-state index in [2.05, 4.69) is 29.2 Å². The number of fused-ring (bicyclic) bond motifs is 1. The van der Waals surface area contributed by atoms with E-state index in [0.29, 0.717) is 40.1 Å². The van der Waals surface area contributed by atoms with Gasteiger partial charge in [0.2, 0.25) is 9.84 Å². The first kappa shape index (κ1) is 20.9. The van der Waals surface area contributed by atoms with Crippen LogP contribution in [0.5, 0.6) is 11.5 Å². The van der Waals surface area contributed by atoms with Crippen LogP contribution in [0, 0.1) is 5.92 Å². The predicted octanol–water partition coefficient (Wildman–Crippen LogP) is 4.22. The van der Waals surface area contributed by atoms with E-state index in [1.807, 2.05) is 12.1 Å². The van der Waals surface area contributed by atoms with Gasteiger partial charge in [-0.1, -0.05) is 36.4 Å². The van der Waals surface area contributed by atoms with Gasteiger partial charge in [0, 0.05) is 17.5 Å². The van der Waals surface area contributed by atoms with Gasteiger partial charge in [-0.05, 0) is 61.9 Å². The molecule has 5 nitrogen and oxygen atoms in total. The molecule has 0 radical (unpaired) electrons. The number of likely N-dealkylation sites (tertiary alicyclic amines) is 1. The first-order valence-electron chi connectivity index (χ1n) is 10.5. The molecular formula is C24H29NO4S. The van der Waals surface area contributed by atoms with Crippen molar-refractivity contribution in [3.63, 3.8) is 0 Å². The first-order chi connectivity index (χ1) is 14.5. The molecule has 1 fully saturated rings. The Morgan fingerprint density at radius 1 is 1.00 bits per heavy atom. The summed E-state index contributed by atoms with van der Waals surface area (Å²) in [5, 5.41) is 0. The average molecular weight is 428 g/mol. The molecule has 1 saturated heterocycles. The molecule has 2 aromatic rings. The highest BCUT2D eigenvalue weighted by atomic mass is 32.2. The Morgan fingerprint density at radius 3 is 2.33 bits per heavy atom. The number of nitrogens with zero attached hydrogens (tertiary/aromatic N) is 1. The van der Waals surface area contributed by atoms with E-state index in [-0.39, 0.29) is 0 Å². The smallest absolute Gasteiger partial charge is 0.202 e. The molecule has 6 heteroatoms. The van der Waals surface area contributed by atoms with Gasteiger partial charge >= 0.3 is 0 Å². The summed E-state index contributed by atoms with van der Waals surface area (Å²) in [4.78, 5) is 3.37. The molecule has 2 heterocycles. The largest absolute Gasteiger partial charge is 0.493 e. The van der Waals surface area contributed by atoms with Crippen molar-refractivity contribution in [2.75, 3.05) is 27.3 Å². The van der Waals surface area contributed by atoms with Crippen LogP contribution >= 0.6 is 0 Å². The maximum atomic E-state index is 13.3. The number of sulfone groups is 1. The minimum atomic E-state index is -3.49. The summed E-state index contributed by atoms with van der Waals surface area (Å²) >= 11 is 0. The van der Waals surface area contributed by atoms with Crippen molar-refractivity contribution in [2.24, 2.45) is 5.92 Å². The zero-order valence-corrected chi connectivity index (χ0v) is 18.5. The van der Waals surface area contributed by atoms with Crippen LogP contribution < -0.4 is 9.47 Å². The number of allylic oxidation sites excluding steroid dienone is 2. The van der Waals surface area contributed by atoms with Crippen LogP contribution in [-0.4, -0.2) is 40.6 Å². The molecule has 0 unspecified atom stereocenters. The molecule has 0 N–H and O–H groups in total. The van der Waals surface area contributed by atoms with Gasteiger partial charge in [0.05, 0.1) is 19.1 Å². The van der Waals surface area contributed by atoms with E-state index in [1.165, 1.54) is 12.7 Å². The van der Waals surface area contributed by atoms with Crippen molar-refractivity contribution >= 4 is 9.84 Å². The molecular weight excluding hydrogens is 398 g/mol. The minimum Gasteiger partial charge on any atom is -0.493 e. The van der Waals surface area contributed by atoms with Crippen molar-refractivity contribution in [3.8, 4) is 11.5 Å². The zero-order chi connectivity index (χ0) is 21.1. The molecule has 0 aromatic heterocycles. The number of benzene rings is 2. The van der Waals surface area contributed by atoms with Gasteiger partial charge in [-0.2, -0.15) is 0 Å². The lowest BCUT2D eigenvalue weighted by atomic mass is 9.95. The van der Waals surface area contributed by atoms with Gasteiger partial charge in [-0.25, -0.2) is 8.42 Å². The van der Waals surface area contributed by atoms with Gasteiger partial charge in [0.25, 0.3) is 0 Å². The van der Waals surface area contributed by atoms with Crippen LogP contribution in [0.3, 0.4) is 0 Å². The highest BCUT2D eigenvalue weighted by Gasteiger charge is 2.31. The molecule has 2 aliphatic heterocycles. The average Bonchev–Trinajstić information content (AvgIpc) is 2.77. The summed E-state index contributed by atoms with van der Waals surface area (Å²) in [6.45, 7) is 2.94. The Morgan fingerprint density at radius 2 is 1.67 bits per heavy atom. The molecule has 0 aliphatic carbocycles. The van der Waals surface area contributed by atoms with Gasteiger partial charge < -0.3 is 9.47 Å². The molecule has 2 aromatic carbocycles. The topological polar surface area (TPSA) is 55.8 Å². The summed E-state index contributed by atoms with van der Waals surface area (Å²) < 4.78 is 37.2. The SMILES string of the molecule is COc1cc2c(cc1OC)S(=O)(=O)/C(=C/C1CCN(Cc3ccccc3)CC1)CC2. The van der Waals surface area contributed by atoms with E-state index in [4.69, 9.17) is 9.47 Å². The molecule has 160 valence electrons. The summed E-state index contributed by atoms with van der Waals surface area (Å²) in [5.74, 6) is 1.34. The van der Waals surface area contributed by atoms with Crippen molar-refractivity contribution in [1.29, 1.82) is 0 Å².